The molecule has 13 heteroatoms. The summed E-state index contributed by atoms with van der Waals surface area (Å²) in [6, 6.07) is 0. The lowest BCUT2D eigenvalue weighted by atomic mass is 10.3. The van der Waals surface area contributed by atoms with Crippen LogP contribution in [0, 0.1) is 0 Å². The highest BCUT2D eigenvalue weighted by Gasteiger charge is 2.10. The minimum Gasteiger partial charge on any atom is -0.254 e. The summed E-state index contributed by atoms with van der Waals surface area (Å²) in [5, 5.41) is 12.8. The van der Waals surface area contributed by atoms with Crippen LogP contribution in [0.25, 0.3) is 41.8 Å². The highest BCUT2D eigenvalue weighted by atomic mass is 15.2. The standard InChI is InChI=1S/C5HN13/c6-15-11-2-1-10-5(14-18-9)4(13-17-8)3(2)12-16-7/h1H. The Kier molecular flexibility index (Phi) is 4.21. The van der Waals surface area contributed by atoms with Gasteiger partial charge in [0.15, 0.2) is 0 Å². The van der Waals surface area contributed by atoms with Crippen molar-refractivity contribution in [2.45, 2.75) is 0 Å². The Bertz CT molecular complexity index is 602. The fourth-order valence-electron chi connectivity index (χ4n) is 0.989. The second kappa shape index (κ2) is 6.08. The van der Waals surface area contributed by atoms with Crippen molar-refractivity contribution in [3.63, 3.8) is 0 Å². The number of aromatic nitrogens is 1. The molecule has 1 heterocycles. The molecule has 0 radical (unpaired) electrons. The molecule has 18 heavy (non-hydrogen) atoms. The van der Waals surface area contributed by atoms with E-state index in [4.69, 9.17) is 22.1 Å². The van der Waals surface area contributed by atoms with Crippen molar-refractivity contribution in [2.75, 3.05) is 0 Å². The molecule has 0 atom stereocenters. The van der Waals surface area contributed by atoms with Crippen LogP contribution in [0.4, 0.5) is 22.9 Å². The minimum absolute atomic E-state index is 0.158. The molecule has 0 fully saturated rings. The summed E-state index contributed by atoms with van der Waals surface area (Å²) in [5.41, 5.74) is 32.6. The maximum Gasteiger partial charge on any atom is 0.136 e. The number of nitrogens with zero attached hydrogens (tertiary/aromatic N) is 13. The van der Waals surface area contributed by atoms with Crippen LogP contribution in [-0.4, -0.2) is 4.98 Å². The van der Waals surface area contributed by atoms with E-state index in [1.807, 2.05) is 0 Å². The van der Waals surface area contributed by atoms with Gasteiger partial charge in [0.2, 0.25) is 0 Å². The molecular weight excluding hydrogens is 242 g/mol. The maximum atomic E-state index is 8.39. The van der Waals surface area contributed by atoms with Crippen LogP contribution >= 0.6 is 0 Å². The molecule has 1 aromatic rings. The molecule has 1 rings (SSSR count). The predicted octanol–water partition coefficient (Wildman–Crippen LogP) is 4.85. The van der Waals surface area contributed by atoms with Gasteiger partial charge in [0.05, 0.1) is 17.1 Å². The summed E-state index contributed by atoms with van der Waals surface area (Å²) in [5.74, 6) is -0.297. The van der Waals surface area contributed by atoms with Gasteiger partial charge >= 0.3 is 0 Å². The fraction of sp³-hybridized carbons (Fsp3) is 0. The minimum atomic E-state index is -0.321. The molecule has 0 saturated carbocycles. The van der Waals surface area contributed by atoms with E-state index < -0.39 is 0 Å². The Hall–Kier alpha value is -3.61. The smallest absolute Gasteiger partial charge is 0.136 e. The zero-order valence-electron chi connectivity index (χ0n) is 8.39. The Morgan fingerprint density at radius 1 is 0.778 bits per heavy atom. The number of rotatable bonds is 4. The van der Waals surface area contributed by atoms with Crippen molar-refractivity contribution in [1.29, 1.82) is 0 Å². The Labute approximate surface area is 97.2 Å². The number of azide groups is 4. The summed E-state index contributed by atoms with van der Waals surface area (Å²) in [6.45, 7) is 0. The molecule has 0 unspecified atom stereocenters. The predicted molar refractivity (Wildman–Crippen MR) is 59.5 cm³/mol. The van der Waals surface area contributed by atoms with Crippen LogP contribution in [0.2, 0.25) is 0 Å². The first kappa shape index (κ1) is 12.5. The third-order valence-electron chi connectivity index (χ3n) is 1.57. The van der Waals surface area contributed by atoms with Crippen LogP contribution in [0.15, 0.2) is 26.7 Å². The molecule has 86 valence electrons. The van der Waals surface area contributed by atoms with Crippen LogP contribution in [0.1, 0.15) is 0 Å². The highest BCUT2D eigenvalue weighted by Crippen LogP contribution is 2.43. The van der Waals surface area contributed by atoms with Gasteiger partial charge in [-0.15, -0.1) is 0 Å². The van der Waals surface area contributed by atoms with Gasteiger partial charge in [-0.2, -0.15) is 0 Å². The van der Waals surface area contributed by atoms with E-state index in [0.717, 1.165) is 6.20 Å². The second-order valence-electron chi connectivity index (χ2n) is 2.42. The van der Waals surface area contributed by atoms with E-state index in [1.54, 1.807) is 0 Å². The summed E-state index contributed by atoms with van der Waals surface area (Å²) in [6.07, 6.45) is 1.02. The third-order valence-corrected chi connectivity index (χ3v) is 1.57. The topological polar surface area (TPSA) is 208 Å². The van der Waals surface area contributed by atoms with Gasteiger partial charge in [0.1, 0.15) is 5.82 Å². The zero-order valence-corrected chi connectivity index (χ0v) is 8.39. The molecule has 13 nitrogen and oxygen atoms in total. The summed E-state index contributed by atoms with van der Waals surface area (Å²) in [4.78, 5) is 13.5. The van der Waals surface area contributed by atoms with E-state index in [9.17, 15) is 0 Å². The van der Waals surface area contributed by atoms with Gasteiger partial charge in [-0.3, -0.25) is 4.98 Å². The van der Waals surface area contributed by atoms with Gasteiger partial charge in [-0.05, 0) is 27.2 Å². The third kappa shape index (κ3) is 2.49. The van der Waals surface area contributed by atoms with E-state index in [1.165, 1.54) is 0 Å². The van der Waals surface area contributed by atoms with Gasteiger partial charge < -0.3 is 0 Å². The van der Waals surface area contributed by atoms with Crippen LogP contribution in [0.5, 0.6) is 0 Å². The lowest BCUT2D eigenvalue weighted by molar-refractivity contribution is 1.21. The number of hydrogen-bond donors (Lipinski definition) is 0. The molecule has 0 aliphatic heterocycles. The molecule has 1 aromatic heterocycles. The van der Waals surface area contributed by atoms with Gasteiger partial charge in [0, 0.05) is 25.8 Å². The molecule has 0 saturated heterocycles. The van der Waals surface area contributed by atoms with Crippen LogP contribution in [0.3, 0.4) is 0 Å². The van der Waals surface area contributed by atoms with E-state index in [2.05, 4.69) is 45.1 Å². The number of pyridine rings is 1. The summed E-state index contributed by atoms with van der Waals surface area (Å²) >= 11 is 0. The molecule has 0 aliphatic carbocycles. The second-order valence-corrected chi connectivity index (χ2v) is 2.42. The molecule has 0 N–H and O–H groups in total. The van der Waals surface area contributed by atoms with Crippen molar-refractivity contribution in [3.8, 4) is 0 Å². The molecule has 0 bridgehead atoms. The quantitative estimate of drug-likeness (QED) is 0.405. The largest absolute Gasteiger partial charge is 0.254 e. The lowest BCUT2D eigenvalue weighted by Crippen LogP contribution is -1.76. The van der Waals surface area contributed by atoms with Gasteiger partial charge in [-0.25, -0.2) is 0 Å². The SMILES string of the molecule is [N-]=[N+]=Nc1cnc(N=[N+]=[N-])c(N=[N+]=[N-])c1N=[N+]=[N-]. The van der Waals surface area contributed by atoms with Crippen molar-refractivity contribution < 1.29 is 0 Å². The van der Waals surface area contributed by atoms with Crippen LogP contribution < -0.4 is 0 Å². The first-order valence-electron chi connectivity index (χ1n) is 4.01. The van der Waals surface area contributed by atoms with E-state index >= 15 is 0 Å². The lowest BCUT2D eigenvalue weighted by Gasteiger charge is -2.04. The Morgan fingerprint density at radius 3 is 1.89 bits per heavy atom. The van der Waals surface area contributed by atoms with Gasteiger partial charge in [-0.1, -0.05) is 15.3 Å². The Morgan fingerprint density at radius 2 is 1.33 bits per heavy atom. The summed E-state index contributed by atoms with van der Waals surface area (Å²) < 4.78 is 0. The van der Waals surface area contributed by atoms with Crippen molar-refractivity contribution >= 4 is 22.9 Å². The summed E-state index contributed by atoms with van der Waals surface area (Å²) in [7, 11) is 0. The first-order valence-corrected chi connectivity index (χ1v) is 4.01. The average Bonchev–Trinajstić information content (AvgIpc) is 2.37. The monoisotopic (exact) mass is 243 g/mol. The average molecular weight is 243 g/mol. The van der Waals surface area contributed by atoms with E-state index in [0.29, 0.717) is 0 Å². The van der Waals surface area contributed by atoms with Crippen molar-refractivity contribution in [1.82, 2.24) is 4.98 Å². The molecule has 0 aromatic carbocycles. The molecule has 0 spiro atoms. The zero-order chi connectivity index (χ0) is 13.4. The molecule has 0 amide bonds. The van der Waals surface area contributed by atoms with Crippen LogP contribution in [-0.2, 0) is 0 Å². The maximum absolute atomic E-state index is 8.39. The van der Waals surface area contributed by atoms with Crippen molar-refractivity contribution in [3.05, 3.63) is 48.0 Å². The Balaban J connectivity index is 3.79. The molecular formula is C5HN13. The van der Waals surface area contributed by atoms with Crippen molar-refractivity contribution in [2.24, 2.45) is 20.5 Å². The highest BCUT2D eigenvalue weighted by molar-refractivity contribution is 5.81. The molecule has 0 aliphatic rings. The fourth-order valence-corrected chi connectivity index (χ4v) is 0.989. The first-order chi connectivity index (χ1) is 8.78. The van der Waals surface area contributed by atoms with Gasteiger partial charge in [0.25, 0.3) is 0 Å². The normalized spacial score (nSPS) is 8.00. The van der Waals surface area contributed by atoms with E-state index in [-0.39, 0.29) is 22.9 Å². The number of hydrogen-bond acceptors (Lipinski definition) is 5.